The minimum absolute atomic E-state index is 0.746. The van der Waals surface area contributed by atoms with Crippen molar-refractivity contribution in [1.82, 2.24) is 10.2 Å². The van der Waals surface area contributed by atoms with Crippen molar-refractivity contribution in [3.63, 3.8) is 0 Å². The van der Waals surface area contributed by atoms with E-state index >= 15 is 0 Å². The Morgan fingerprint density at radius 2 is 1.45 bits per heavy atom. The molecule has 20 heavy (non-hydrogen) atoms. The van der Waals surface area contributed by atoms with Crippen LogP contribution < -0.4 is 5.32 Å². The average molecular weight is 278 g/mol. The molecule has 0 aromatic heterocycles. The number of likely N-dealkylation sites (N-methyl/N-ethyl adjacent to an activating group) is 1. The van der Waals surface area contributed by atoms with E-state index in [1.807, 2.05) is 0 Å². The van der Waals surface area contributed by atoms with Gasteiger partial charge in [-0.25, -0.2) is 0 Å². The molecule has 1 heterocycles. The molecule has 0 spiro atoms. The fourth-order valence-corrected chi connectivity index (χ4v) is 5.17. The maximum absolute atomic E-state index is 3.65. The summed E-state index contributed by atoms with van der Waals surface area (Å²) in [6, 6.07) is 1.57. The van der Waals surface area contributed by atoms with Crippen molar-refractivity contribution < 1.29 is 0 Å². The summed E-state index contributed by atoms with van der Waals surface area (Å²) in [5.74, 6) is 2.10. The van der Waals surface area contributed by atoms with E-state index in [0.717, 1.165) is 23.9 Å². The second-order valence-corrected chi connectivity index (χ2v) is 7.54. The van der Waals surface area contributed by atoms with E-state index in [9.17, 15) is 0 Å². The van der Waals surface area contributed by atoms with Crippen LogP contribution in [0.5, 0.6) is 0 Å². The molecule has 0 aromatic rings. The van der Waals surface area contributed by atoms with Gasteiger partial charge in [0.25, 0.3) is 0 Å². The Balaban J connectivity index is 1.63. The normalized spacial score (nSPS) is 40.6. The summed E-state index contributed by atoms with van der Waals surface area (Å²) in [6.07, 6.45) is 16.2. The van der Waals surface area contributed by atoms with Crippen LogP contribution in [0.1, 0.15) is 70.6 Å². The Labute approximate surface area is 125 Å². The lowest BCUT2D eigenvalue weighted by Gasteiger charge is -2.47. The Hall–Kier alpha value is -0.0800. The Morgan fingerprint density at radius 1 is 0.750 bits per heavy atom. The Kier molecular flexibility index (Phi) is 5.39. The SMILES string of the molecule is CNC1CCCCCCC1N1CCC2CCCCC2C1. The first-order chi connectivity index (χ1) is 9.88. The molecular formula is C18H34N2. The van der Waals surface area contributed by atoms with Crippen LogP contribution >= 0.6 is 0 Å². The summed E-state index contributed by atoms with van der Waals surface area (Å²) in [5, 5.41) is 3.65. The maximum atomic E-state index is 3.65. The Morgan fingerprint density at radius 3 is 2.25 bits per heavy atom. The summed E-state index contributed by atoms with van der Waals surface area (Å²) in [7, 11) is 2.19. The molecule has 116 valence electrons. The van der Waals surface area contributed by atoms with Crippen molar-refractivity contribution in [1.29, 1.82) is 0 Å². The highest BCUT2D eigenvalue weighted by Crippen LogP contribution is 2.37. The van der Waals surface area contributed by atoms with E-state index in [1.165, 1.54) is 83.7 Å². The van der Waals surface area contributed by atoms with Crippen LogP contribution in [0.25, 0.3) is 0 Å². The molecule has 3 rings (SSSR count). The van der Waals surface area contributed by atoms with Crippen molar-refractivity contribution in [3.8, 4) is 0 Å². The molecule has 2 aliphatic carbocycles. The number of nitrogens with one attached hydrogen (secondary N) is 1. The number of likely N-dealkylation sites (tertiary alicyclic amines) is 1. The minimum Gasteiger partial charge on any atom is -0.315 e. The van der Waals surface area contributed by atoms with Crippen molar-refractivity contribution >= 4 is 0 Å². The number of fused-ring (bicyclic) bond motifs is 1. The standard InChI is InChI=1S/C18H34N2/c1-19-17-10-4-2-3-5-11-18(17)20-13-12-15-8-6-7-9-16(15)14-20/h15-19H,2-14H2,1H3. The molecule has 2 nitrogen and oxygen atoms in total. The lowest BCUT2D eigenvalue weighted by molar-refractivity contribution is 0.0368. The molecule has 4 unspecified atom stereocenters. The number of nitrogens with zero attached hydrogens (tertiary/aromatic N) is 1. The van der Waals surface area contributed by atoms with E-state index in [0.29, 0.717) is 0 Å². The van der Waals surface area contributed by atoms with Crippen LogP contribution in [0.2, 0.25) is 0 Å². The maximum Gasteiger partial charge on any atom is 0.0249 e. The van der Waals surface area contributed by atoms with Gasteiger partial charge in [0.2, 0.25) is 0 Å². The van der Waals surface area contributed by atoms with Crippen molar-refractivity contribution in [2.75, 3.05) is 20.1 Å². The first-order valence-corrected chi connectivity index (χ1v) is 9.30. The summed E-state index contributed by atoms with van der Waals surface area (Å²) in [4.78, 5) is 2.89. The average Bonchev–Trinajstić information content (AvgIpc) is 2.47. The van der Waals surface area contributed by atoms with Crippen molar-refractivity contribution in [3.05, 3.63) is 0 Å². The third kappa shape index (κ3) is 3.39. The van der Waals surface area contributed by atoms with Crippen LogP contribution in [0.15, 0.2) is 0 Å². The smallest absolute Gasteiger partial charge is 0.0249 e. The Bertz CT molecular complexity index is 291. The molecule has 0 amide bonds. The first kappa shape index (κ1) is 14.8. The van der Waals surface area contributed by atoms with Crippen molar-refractivity contribution in [2.45, 2.75) is 82.7 Å². The highest BCUT2D eigenvalue weighted by Gasteiger charge is 2.35. The molecular weight excluding hydrogens is 244 g/mol. The van der Waals surface area contributed by atoms with Crippen LogP contribution in [0, 0.1) is 11.8 Å². The molecule has 2 saturated carbocycles. The fraction of sp³-hybridized carbons (Fsp3) is 1.00. The molecule has 0 radical (unpaired) electrons. The van der Waals surface area contributed by atoms with Gasteiger partial charge in [0.05, 0.1) is 0 Å². The fourth-order valence-electron chi connectivity index (χ4n) is 5.17. The zero-order valence-electron chi connectivity index (χ0n) is 13.4. The van der Waals surface area contributed by atoms with Crippen LogP contribution in [-0.4, -0.2) is 37.1 Å². The highest BCUT2D eigenvalue weighted by atomic mass is 15.2. The van der Waals surface area contributed by atoms with Crippen molar-refractivity contribution in [2.24, 2.45) is 11.8 Å². The minimum atomic E-state index is 0.746. The summed E-state index contributed by atoms with van der Waals surface area (Å²) in [6.45, 7) is 2.79. The summed E-state index contributed by atoms with van der Waals surface area (Å²) in [5.41, 5.74) is 0. The molecule has 0 bridgehead atoms. The van der Waals surface area contributed by atoms with Gasteiger partial charge in [0.15, 0.2) is 0 Å². The summed E-state index contributed by atoms with van der Waals surface area (Å²) < 4.78 is 0. The molecule has 1 saturated heterocycles. The second-order valence-electron chi connectivity index (χ2n) is 7.54. The third-order valence-corrected chi connectivity index (χ3v) is 6.39. The first-order valence-electron chi connectivity index (χ1n) is 9.30. The van der Waals surface area contributed by atoms with Gasteiger partial charge in [0.1, 0.15) is 0 Å². The van der Waals surface area contributed by atoms with Gasteiger partial charge in [-0.2, -0.15) is 0 Å². The van der Waals surface area contributed by atoms with Gasteiger partial charge in [0, 0.05) is 18.6 Å². The van der Waals surface area contributed by atoms with E-state index in [1.54, 1.807) is 0 Å². The quantitative estimate of drug-likeness (QED) is 0.826. The second kappa shape index (κ2) is 7.26. The lowest BCUT2D eigenvalue weighted by Crippen LogP contribution is -2.54. The van der Waals surface area contributed by atoms with E-state index in [4.69, 9.17) is 0 Å². The molecule has 0 aromatic carbocycles. The molecule has 1 aliphatic heterocycles. The van der Waals surface area contributed by atoms with Gasteiger partial charge in [-0.3, -0.25) is 4.90 Å². The number of hydrogen-bond acceptors (Lipinski definition) is 2. The number of hydrogen-bond donors (Lipinski definition) is 1. The monoisotopic (exact) mass is 278 g/mol. The molecule has 4 atom stereocenters. The van der Waals surface area contributed by atoms with Gasteiger partial charge < -0.3 is 5.32 Å². The van der Waals surface area contributed by atoms with Gasteiger partial charge in [-0.15, -0.1) is 0 Å². The molecule has 3 fully saturated rings. The highest BCUT2D eigenvalue weighted by molar-refractivity contribution is 4.91. The van der Waals surface area contributed by atoms with E-state index < -0.39 is 0 Å². The lowest BCUT2D eigenvalue weighted by atomic mass is 9.74. The number of rotatable bonds is 2. The van der Waals surface area contributed by atoms with Gasteiger partial charge in [-0.1, -0.05) is 44.9 Å². The van der Waals surface area contributed by atoms with Gasteiger partial charge >= 0.3 is 0 Å². The zero-order chi connectivity index (χ0) is 13.8. The zero-order valence-corrected chi connectivity index (χ0v) is 13.4. The molecule has 2 heteroatoms. The number of piperidine rings is 1. The van der Waals surface area contributed by atoms with Crippen LogP contribution in [0.4, 0.5) is 0 Å². The van der Waals surface area contributed by atoms with Crippen LogP contribution in [-0.2, 0) is 0 Å². The van der Waals surface area contributed by atoms with Gasteiger partial charge in [-0.05, 0) is 51.1 Å². The molecule has 3 aliphatic rings. The largest absolute Gasteiger partial charge is 0.315 e. The van der Waals surface area contributed by atoms with E-state index in [-0.39, 0.29) is 0 Å². The predicted molar refractivity (Wildman–Crippen MR) is 86.0 cm³/mol. The van der Waals surface area contributed by atoms with E-state index in [2.05, 4.69) is 17.3 Å². The third-order valence-electron chi connectivity index (χ3n) is 6.39. The summed E-state index contributed by atoms with van der Waals surface area (Å²) >= 11 is 0. The van der Waals surface area contributed by atoms with Crippen LogP contribution in [0.3, 0.4) is 0 Å². The topological polar surface area (TPSA) is 15.3 Å². The molecule has 1 N–H and O–H groups in total. The predicted octanol–water partition coefficient (Wildman–Crippen LogP) is 3.81.